The maximum Gasteiger partial charge on any atom is 0.220 e. The molecule has 4 nitrogen and oxygen atoms in total. The van der Waals surface area contributed by atoms with E-state index in [2.05, 4.69) is 27.8 Å². The number of fused-ring (bicyclic) bond motifs is 1. The average molecular weight is 259 g/mol. The fourth-order valence-corrected chi connectivity index (χ4v) is 2.19. The quantitative estimate of drug-likeness (QED) is 0.664. The topological polar surface area (TPSA) is 56.9 Å². The van der Waals surface area contributed by atoms with E-state index in [1.54, 1.807) is 0 Å². The van der Waals surface area contributed by atoms with E-state index in [4.69, 9.17) is 0 Å². The molecule has 0 atom stereocenters. The summed E-state index contributed by atoms with van der Waals surface area (Å²) in [6, 6.07) is 8.26. The molecule has 1 aromatic heterocycles. The SMILES string of the molecule is CNCCNC(=O)CCCc1c[nH]c2ccccc12. The zero-order valence-corrected chi connectivity index (χ0v) is 11.3. The van der Waals surface area contributed by atoms with Gasteiger partial charge < -0.3 is 15.6 Å². The molecule has 0 aliphatic rings. The third-order valence-electron chi connectivity index (χ3n) is 3.22. The monoisotopic (exact) mass is 259 g/mol. The molecule has 102 valence electrons. The Balaban J connectivity index is 1.78. The second-order valence-electron chi connectivity index (χ2n) is 4.67. The van der Waals surface area contributed by atoms with Gasteiger partial charge in [-0.3, -0.25) is 4.79 Å². The van der Waals surface area contributed by atoms with Gasteiger partial charge in [-0.25, -0.2) is 0 Å². The van der Waals surface area contributed by atoms with Crippen molar-refractivity contribution in [2.45, 2.75) is 19.3 Å². The molecule has 0 radical (unpaired) electrons. The zero-order valence-electron chi connectivity index (χ0n) is 11.3. The normalized spacial score (nSPS) is 10.8. The number of aryl methyl sites for hydroxylation is 1. The van der Waals surface area contributed by atoms with Gasteiger partial charge in [0.05, 0.1) is 0 Å². The van der Waals surface area contributed by atoms with Crippen LogP contribution in [0.1, 0.15) is 18.4 Å². The zero-order chi connectivity index (χ0) is 13.5. The molecule has 0 saturated heterocycles. The maximum absolute atomic E-state index is 11.6. The number of rotatable bonds is 7. The fraction of sp³-hybridized carbons (Fsp3) is 0.400. The summed E-state index contributed by atoms with van der Waals surface area (Å²) < 4.78 is 0. The van der Waals surface area contributed by atoms with Crippen LogP contribution in [-0.4, -0.2) is 31.0 Å². The molecular weight excluding hydrogens is 238 g/mol. The van der Waals surface area contributed by atoms with Crippen LogP contribution in [0.25, 0.3) is 10.9 Å². The summed E-state index contributed by atoms with van der Waals surface area (Å²) in [5.41, 5.74) is 2.45. The van der Waals surface area contributed by atoms with Gasteiger partial charge in [-0.2, -0.15) is 0 Å². The van der Waals surface area contributed by atoms with Crippen LogP contribution >= 0.6 is 0 Å². The smallest absolute Gasteiger partial charge is 0.220 e. The van der Waals surface area contributed by atoms with Crippen molar-refractivity contribution in [3.05, 3.63) is 36.0 Å². The maximum atomic E-state index is 11.6. The standard InChI is InChI=1S/C15H21N3O/c1-16-9-10-17-15(19)8-4-5-12-11-18-14-7-3-2-6-13(12)14/h2-3,6-7,11,16,18H,4-5,8-10H2,1H3,(H,17,19). The number of H-pyrrole nitrogens is 1. The molecule has 1 amide bonds. The van der Waals surface area contributed by atoms with Crippen molar-refractivity contribution in [3.63, 3.8) is 0 Å². The Kier molecular flexibility index (Phi) is 4.98. The molecule has 0 bridgehead atoms. The van der Waals surface area contributed by atoms with Crippen LogP contribution in [0, 0.1) is 0 Å². The van der Waals surface area contributed by atoms with E-state index in [0.29, 0.717) is 13.0 Å². The lowest BCUT2D eigenvalue weighted by Crippen LogP contribution is -2.30. The van der Waals surface area contributed by atoms with Crippen molar-refractivity contribution in [1.29, 1.82) is 0 Å². The van der Waals surface area contributed by atoms with Gasteiger partial charge in [0.2, 0.25) is 5.91 Å². The molecule has 0 fully saturated rings. The number of benzene rings is 1. The van der Waals surface area contributed by atoms with E-state index >= 15 is 0 Å². The summed E-state index contributed by atoms with van der Waals surface area (Å²) in [4.78, 5) is 14.8. The Hall–Kier alpha value is -1.81. The molecule has 0 aliphatic carbocycles. The number of likely N-dealkylation sites (N-methyl/N-ethyl adjacent to an activating group) is 1. The number of aromatic amines is 1. The lowest BCUT2D eigenvalue weighted by molar-refractivity contribution is -0.121. The third kappa shape index (κ3) is 3.83. The van der Waals surface area contributed by atoms with E-state index in [9.17, 15) is 4.79 Å². The van der Waals surface area contributed by atoms with Crippen molar-refractivity contribution < 1.29 is 4.79 Å². The first kappa shape index (κ1) is 13.6. The van der Waals surface area contributed by atoms with Gasteiger partial charge in [0.25, 0.3) is 0 Å². The molecule has 2 aromatic rings. The first-order valence-corrected chi connectivity index (χ1v) is 6.77. The van der Waals surface area contributed by atoms with Gasteiger partial charge >= 0.3 is 0 Å². The number of carbonyl (C=O) groups excluding carboxylic acids is 1. The predicted octanol–water partition coefficient (Wildman–Crippen LogP) is 1.83. The van der Waals surface area contributed by atoms with Crippen molar-refractivity contribution in [2.24, 2.45) is 0 Å². The van der Waals surface area contributed by atoms with Gasteiger partial charge in [-0.05, 0) is 31.5 Å². The second-order valence-corrected chi connectivity index (χ2v) is 4.67. The highest BCUT2D eigenvalue weighted by Crippen LogP contribution is 2.19. The van der Waals surface area contributed by atoms with Crippen molar-refractivity contribution in [3.8, 4) is 0 Å². The first-order valence-electron chi connectivity index (χ1n) is 6.77. The minimum Gasteiger partial charge on any atom is -0.361 e. The van der Waals surface area contributed by atoms with Crippen molar-refractivity contribution >= 4 is 16.8 Å². The van der Waals surface area contributed by atoms with Gasteiger partial charge in [-0.1, -0.05) is 18.2 Å². The van der Waals surface area contributed by atoms with Gasteiger partial charge in [0.1, 0.15) is 0 Å². The number of aromatic nitrogens is 1. The summed E-state index contributed by atoms with van der Waals surface area (Å²) in [6.07, 6.45) is 4.45. The van der Waals surface area contributed by atoms with Crippen LogP contribution in [0.15, 0.2) is 30.5 Å². The van der Waals surface area contributed by atoms with Crippen LogP contribution in [0.4, 0.5) is 0 Å². The molecule has 1 heterocycles. The lowest BCUT2D eigenvalue weighted by atomic mass is 10.1. The van der Waals surface area contributed by atoms with Gasteiger partial charge in [0.15, 0.2) is 0 Å². The largest absolute Gasteiger partial charge is 0.361 e. The molecule has 19 heavy (non-hydrogen) atoms. The minimum atomic E-state index is 0.134. The summed E-state index contributed by atoms with van der Waals surface area (Å²) in [7, 11) is 1.88. The molecule has 4 heteroatoms. The fourth-order valence-electron chi connectivity index (χ4n) is 2.19. The van der Waals surface area contributed by atoms with Crippen LogP contribution in [0.3, 0.4) is 0 Å². The predicted molar refractivity (Wildman–Crippen MR) is 78.2 cm³/mol. The van der Waals surface area contributed by atoms with Crippen LogP contribution in [0.2, 0.25) is 0 Å². The summed E-state index contributed by atoms with van der Waals surface area (Å²) in [5.74, 6) is 0.134. The van der Waals surface area contributed by atoms with Crippen molar-refractivity contribution in [2.75, 3.05) is 20.1 Å². The van der Waals surface area contributed by atoms with Crippen LogP contribution in [-0.2, 0) is 11.2 Å². The number of para-hydroxylation sites is 1. The summed E-state index contributed by atoms with van der Waals surface area (Å²) >= 11 is 0. The van der Waals surface area contributed by atoms with E-state index in [1.807, 2.05) is 25.4 Å². The Morgan fingerprint density at radius 2 is 2.11 bits per heavy atom. The Bertz CT molecular complexity index is 533. The highest BCUT2D eigenvalue weighted by molar-refractivity contribution is 5.83. The van der Waals surface area contributed by atoms with E-state index in [-0.39, 0.29) is 5.91 Å². The van der Waals surface area contributed by atoms with Gasteiger partial charge in [-0.15, -0.1) is 0 Å². The third-order valence-corrected chi connectivity index (χ3v) is 3.22. The summed E-state index contributed by atoms with van der Waals surface area (Å²) in [6.45, 7) is 1.51. The number of amides is 1. The minimum absolute atomic E-state index is 0.134. The Morgan fingerprint density at radius 1 is 1.26 bits per heavy atom. The molecule has 3 N–H and O–H groups in total. The Labute approximate surface area is 113 Å². The molecule has 2 rings (SSSR count). The molecule has 1 aromatic carbocycles. The van der Waals surface area contributed by atoms with Crippen LogP contribution < -0.4 is 10.6 Å². The van der Waals surface area contributed by atoms with Crippen molar-refractivity contribution in [1.82, 2.24) is 15.6 Å². The highest BCUT2D eigenvalue weighted by Gasteiger charge is 2.04. The molecular formula is C15H21N3O. The Morgan fingerprint density at radius 3 is 2.95 bits per heavy atom. The van der Waals surface area contributed by atoms with Crippen LogP contribution in [0.5, 0.6) is 0 Å². The molecule has 0 spiro atoms. The lowest BCUT2D eigenvalue weighted by Gasteiger charge is -2.04. The van der Waals surface area contributed by atoms with E-state index in [1.165, 1.54) is 10.9 Å². The highest BCUT2D eigenvalue weighted by atomic mass is 16.1. The van der Waals surface area contributed by atoms with Gasteiger partial charge in [0, 0.05) is 36.6 Å². The number of hydrogen-bond acceptors (Lipinski definition) is 2. The summed E-state index contributed by atoms with van der Waals surface area (Å²) in [5, 5.41) is 7.16. The number of nitrogens with one attached hydrogen (secondary N) is 3. The average Bonchev–Trinajstić information content (AvgIpc) is 2.83. The molecule has 0 saturated carbocycles. The molecule has 0 aliphatic heterocycles. The first-order chi connectivity index (χ1) is 9.31. The number of carbonyl (C=O) groups is 1. The molecule has 0 unspecified atom stereocenters. The van der Waals surface area contributed by atoms with E-state index < -0.39 is 0 Å². The second kappa shape index (κ2) is 6.95. The number of hydrogen-bond donors (Lipinski definition) is 3. The van der Waals surface area contributed by atoms with E-state index in [0.717, 1.165) is 24.9 Å².